The zero-order chi connectivity index (χ0) is 10.3. The lowest BCUT2D eigenvalue weighted by Gasteiger charge is -2.01. The first-order valence-corrected chi connectivity index (χ1v) is 5.32. The van der Waals surface area contributed by atoms with Crippen LogP contribution in [0.4, 0.5) is 5.13 Å². The van der Waals surface area contributed by atoms with Gasteiger partial charge >= 0.3 is 0 Å². The van der Waals surface area contributed by atoms with Gasteiger partial charge in [-0.15, -0.1) is 11.3 Å². The van der Waals surface area contributed by atoms with Gasteiger partial charge in [0.05, 0.1) is 5.69 Å². The molecule has 15 heavy (non-hydrogen) atoms. The summed E-state index contributed by atoms with van der Waals surface area (Å²) >= 11 is 1.41. The minimum atomic E-state index is 0.270. The molecule has 1 aromatic heterocycles. The Bertz CT molecular complexity index is 510. The normalized spacial score (nSPS) is 13.1. The van der Waals surface area contributed by atoms with Gasteiger partial charge in [0.2, 0.25) is 6.79 Å². The summed E-state index contributed by atoms with van der Waals surface area (Å²) in [4.78, 5) is 4.22. The fraction of sp³-hybridized carbons (Fsp3) is 0.100. The van der Waals surface area contributed by atoms with Crippen molar-refractivity contribution >= 4 is 16.5 Å². The van der Waals surface area contributed by atoms with Crippen molar-refractivity contribution in [2.24, 2.45) is 0 Å². The molecule has 0 unspecified atom stereocenters. The van der Waals surface area contributed by atoms with E-state index in [0.717, 1.165) is 22.8 Å². The summed E-state index contributed by atoms with van der Waals surface area (Å²) in [6.07, 6.45) is 0. The average molecular weight is 220 g/mol. The van der Waals surface area contributed by atoms with Gasteiger partial charge in [0, 0.05) is 10.9 Å². The van der Waals surface area contributed by atoms with E-state index in [9.17, 15) is 0 Å². The third-order valence-corrected chi connectivity index (χ3v) is 2.87. The molecule has 0 saturated carbocycles. The van der Waals surface area contributed by atoms with E-state index >= 15 is 0 Å². The van der Waals surface area contributed by atoms with Crippen molar-refractivity contribution in [3.8, 4) is 22.8 Å². The van der Waals surface area contributed by atoms with Crippen LogP contribution in [0.2, 0.25) is 0 Å². The van der Waals surface area contributed by atoms with Crippen LogP contribution < -0.4 is 15.2 Å². The number of benzene rings is 1. The number of para-hydroxylation sites is 1. The molecule has 3 rings (SSSR count). The molecule has 0 aliphatic carbocycles. The molecule has 1 aliphatic rings. The van der Waals surface area contributed by atoms with Crippen LogP contribution in [0.3, 0.4) is 0 Å². The Labute approximate surface area is 90.3 Å². The molecule has 1 aromatic carbocycles. The average Bonchev–Trinajstić information content (AvgIpc) is 2.84. The molecular weight excluding hydrogens is 212 g/mol. The molecule has 1 aliphatic heterocycles. The minimum Gasteiger partial charge on any atom is -0.454 e. The van der Waals surface area contributed by atoms with Crippen LogP contribution in [0.5, 0.6) is 11.5 Å². The van der Waals surface area contributed by atoms with E-state index in [4.69, 9.17) is 15.2 Å². The van der Waals surface area contributed by atoms with Crippen molar-refractivity contribution in [1.82, 2.24) is 4.98 Å². The number of fused-ring (bicyclic) bond motifs is 1. The Morgan fingerprint density at radius 2 is 2.27 bits per heavy atom. The molecule has 5 heteroatoms. The first kappa shape index (κ1) is 8.55. The maximum Gasteiger partial charge on any atom is 0.231 e. The number of hydrogen-bond acceptors (Lipinski definition) is 5. The molecule has 0 atom stereocenters. The summed E-state index contributed by atoms with van der Waals surface area (Å²) in [5.74, 6) is 1.52. The van der Waals surface area contributed by atoms with Crippen LogP contribution >= 0.6 is 11.3 Å². The Kier molecular flexibility index (Phi) is 1.78. The maximum atomic E-state index is 5.60. The van der Waals surface area contributed by atoms with Crippen LogP contribution in [0.1, 0.15) is 0 Å². The van der Waals surface area contributed by atoms with Gasteiger partial charge in [-0.1, -0.05) is 6.07 Å². The van der Waals surface area contributed by atoms with Crippen molar-refractivity contribution in [2.75, 3.05) is 12.5 Å². The number of nitrogen functional groups attached to an aromatic ring is 1. The number of nitrogens with zero attached hydrogens (tertiary/aromatic N) is 1. The van der Waals surface area contributed by atoms with Crippen molar-refractivity contribution in [3.05, 3.63) is 23.6 Å². The lowest BCUT2D eigenvalue weighted by molar-refractivity contribution is 0.174. The van der Waals surface area contributed by atoms with E-state index in [1.54, 1.807) is 0 Å². The van der Waals surface area contributed by atoms with Gasteiger partial charge < -0.3 is 15.2 Å². The Hall–Kier alpha value is -1.75. The zero-order valence-corrected chi connectivity index (χ0v) is 8.58. The molecular formula is C10H8N2O2S. The van der Waals surface area contributed by atoms with Crippen LogP contribution in [0, 0.1) is 0 Å². The zero-order valence-electron chi connectivity index (χ0n) is 7.77. The van der Waals surface area contributed by atoms with Gasteiger partial charge in [0.25, 0.3) is 0 Å². The van der Waals surface area contributed by atoms with Crippen LogP contribution in [0.15, 0.2) is 23.6 Å². The van der Waals surface area contributed by atoms with E-state index < -0.39 is 0 Å². The van der Waals surface area contributed by atoms with Crippen LogP contribution in [-0.2, 0) is 0 Å². The van der Waals surface area contributed by atoms with Gasteiger partial charge in [-0.3, -0.25) is 0 Å². The number of nitrogens with two attached hydrogens (primary N) is 1. The van der Waals surface area contributed by atoms with Gasteiger partial charge in [0.15, 0.2) is 16.6 Å². The van der Waals surface area contributed by atoms with E-state index in [1.165, 1.54) is 11.3 Å². The Balaban J connectivity index is 2.16. The molecule has 2 heterocycles. The standard InChI is InChI=1S/C10H8N2O2S/c11-10-12-7(4-15-10)6-2-1-3-8-9(6)14-5-13-8/h1-4H,5H2,(H2,11,12). The smallest absolute Gasteiger partial charge is 0.231 e. The van der Waals surface area contributed by atoms with Crippen molar-refractivity contribution < 1.29 is 9.47 Å². The van der Waals surface area contributed by atoms with Gasteiger partial charge in [-0.25, -0.2) is 4.98 Å². The molecule has 0 bridgehead atoms. The summed E-state index contributed by atoms with van der Waals surface area (Å²) in [6, 6.07) is 5.74. The van der Waals surface area contributed by atoms with Crippen LogP contribution in [0.25, 0.3) is 11.3 Å². The molecule has 2 N–H and O–H groups in total. The summed E-state index contributed by atoms with van der Waals surface area (Å²) in [7, 11) is 0. The fourth-order valence-corrected chi connectivity index (χ4v) is 2.11. The monoisotopic (exact) mass is 220 g/mol. The van der Waals surface area contributed by atoms with E-state index in [-0.39, 0.29) is 6.79 Å². The summed E-state index contributed by atoms with van der Waals surface area (Å²) in [5.41, 5.74) is 7.36. The maximum absolute atomic E-state index is 5.60. The molecule has 0 saturated heterocycles. The second-order valence-corrected chi connectivity index (χ2v) is 4.00. The Morgan fingerprint density at radius 3 is 3.07 bits per heavy atom. The number of rotatable bonds is 1. The van der Waals surface area contributed by atoms with E-state index in [1.807, 2.05) is 23.6 Å². The first-order valence-electron chi connectivity index (χ1n) is 4.44. The summed E-state index contributed by atoms with van der Waals surface area (Å²) in [5, 5.41) is 2.47. The van der Waals surface area contributed by atoms with Crippen molar-refractivity contribution in [3.63, 3.8) is 0 Å². The third-order valence-electron chi connectivity index (χ3n) is 2.19. The summed E-state index contributed by atoms with van der Waals surface area (Å²) in [6.45, 7) is 0.270. The van der Waals surface area contributed by atoms with E-state index in [2.05, 4.69) is 4.98 Å². The second-order valence-electron chi connectivity index (χ2n) is 3.11. The number of anilines is 1. The number of aromatic nitrogens is 1. The largest absolute Gasteiger partial charge is 0.454 e. The number of hydrogen-bond donors (Lipinski definition) is 1. The first-order chi connectivity index (χ1) is 7.34. The quantitative estimate of drug-likeness (QED) is 0.799. The molecule has 2 aromatic rings. The highest BCUT2D eigenvalue weighted by atomic mass is 32.1. The SMILES string of the molecule is Nc1nc(-c2cccc3c2OCO3)cs1. The predicted molar refractivity (Wildman–Crippen MR) is 58.1 cm³/mol. The topological polar surface area (TPSA) is 57.4 Å². The molecule has 0 amide bonds. The van der Waals surface area contributed by atoms with Crippen molar-refractivity contribution in [1.29, 1.82) is 0 Å². The van der Waals surface area contributed by atoms with Gasteiger partial charge in [0.1, 0.15) is 0 Å². The second kappa shape index (κ2) is 3.13. The van der Waals surface area contributed by atoms with E-state index in [0.29, 0.717) is 5.13 Å². The van der Waals surface area contributed by atoms with Crippen molar-refractivity contribution in [2.45, 2.75) is 0 Å². The Morgan fingerprint density at radius 1 is 1.33 bits per heavy atom. The highest BCUT2D eigenvalue weighted by molar-refractivity contribution is 7.13. The molecule has 76 valence electrons. The molecule has 0 radical (unpaired) electrons. The minimum absolute atomic E-state index is 0.270. The lowest BCUT2D eigenvalue weighted by atomic mass is 10.1. The molecule has 4 nitrogen and oxygen atoms in total. The van der Waals surface area contributed by atoms with Gasteiger partial charge in [-0.05, 0) is 12.1 Å². The lowest BCUT2D eigenvalue weighted by Crippen LogP contribution is -1.93. The highest BCUT2D eigenvalue weighted by Gasteiger charge is 2.19. The third kappa shape index (κ3) is 1.32. The summed E-state index contributed by atoms with van der Waals surface area (Å²) < 4.78 is 10.7. The highest BCUT2D eigenvalue weighted by Crippen LogP contribution is 2.41. The number of ether oxygens (including phenoxy) is 2. The number of thiazole rings is 1. The molecule has 0 fully saturated rings. The van der Waals surface area contributed by atoms with Gasteiger partial charge in [-0.2, -0.15) is 0 Å². The van der Waals surface area contributed by atoms with Crippen LogP contribution in [-0.4, -0.2) is 11.8 Å². The fourth-order valence-electron chi connectivity index (χ4n) is 1.54. The molecule has 0 spiro atoms. The predicted octanol–water partition coefficient (Wildman–Crippen LogP) is 2.12.